The molecule has 0 spiro atoms. The van der Waals surface area contributed by atoms with Gasteiger partial charge in [0, 0.05) is 50.5 Å². The van der Waals surface area contributed by atoms with Gasteiger partial charge in [-0.05, 0) is 30.7 Å². The van der Waals surface area contributed by atoms with Crippen LogP contribution in [0.4, 0.5) is 5.69 Å². The summed E-state index contributed by atoms with van der Waals surface area (Å²) in [5.74, 6) is -0.540. The number of benzene rings is 2. The number of aryl methyl sites for hydroxylation is 1. The van der Waals surface area contributed by atoms with E-state index in [1.165, 1.54) is 0 Å². The van der Waals surface area contributed by atoms with Crippen molar-refractivity contribution in [1.29, 1.82) is 0 Å². The normalized spacial score (nSPS) is 19.2. The molecule has 31 heavy (non-hydrogen) atoms. The summed E-state index contributed by atoms with van der Waals surface area (Å²) in [6.45, 7) is 5.39. The van der Waals surface area contributed by atoms with Gasteiger partial charge in [0.2, 0.25) is 11.8 Å². The largest absolute Gasteiger partial charge is 0.368 e. The van der Waals surface area contributed by atoms with Crippen molar-refractivity contribution in [3.05, 3.63) is 65.7 Å². The maximum atomic E-state index is 13.1. The fourth-order valence-corrected chi connectivity index (χ4v) is 4.28. The highest BCUT2D eigenvalue weighted by atomic mass is 16.2. The molecule has 2 aliphatic rings. The van der Waals surface area contributed by atoms with E-state index in [4.69, 9.17) is 0 Å². The van der Waals surface area contributed by atoms with Crippen LogP contribution in [0, 0.1) is 6.92 Å². The van der Waals surface area contributed by atoms with Gasteiger partial charge in [-0.1, -0.05) is 36.4 Å². The first-order chi connectivity index (χ1) is 15.0. The highest BCUT2D eigenvalue weighted by molar-refractivity contribution is 6.00. The lowest BCUT2D eigenvalue weighted by Gasteiger charge is -2.39. The Labute approximate surface area is 182 Å². The van der Waals surface area contributed by atoms with Crippen LogP contribution in [-0.2, 0) is 9.59 Å². The first-order valence-corrected chi connectivity index (χ1v) is 10.8. The molecule has 2 fully saturated rings. The third kappa shape index (κ3) is 4.55. The number of amides is 3. The summed E-state index contributed by atoms with van der Waals surface area (Å²) in [6, 6.07) is 16.7. The quantitative estimate of drug-likeness (QED) is 0.817. The van der Waals surface area contributed by atoms with E-state index in [0.717, 1.165) is 24.3 Å². The van der Waals surface area contributed by atoms with Crippen LogP contribution < -0.4 is 10.2 Å². The summed E-state index contributed by atoms with van der Waals surface area (Å²) >= 11 is 0. The molecule has 2 aromatic carbocycles. The third-order valence-corrected chi connectivity index (χ3v) is 6.09. The zero-order chi connectivity index (χ0) is 21.8. The topological polar surface area (TPSA) is 73.0 Å². The highest BCUT2D eigenvalue weighted by Crippen LogP contribution is 2.19. The van der Waals surface area contributed by atoms with E-state index in [1.54, 1.807) is 15.9 Å². The van der Waals surface area contributed by atoms with Crippen molar-refractivity contribution in [3.63, 3.8) is 0 Å². The molecule has 0 saturated carbocycles. The SMILES string of the molecule is Cc1ccccc1C(=O)N1CCNC(=O)C1CC(=O)N1CCN(c2ccccc2)CC1. The molecule has 1 unspecified atom stereocenters. The molecule has 2 aromatic rings. The molecule has 2 heterocycles. The van der Waals surface area contributed by atoms with Crippen LogP contribution in [0.2, 0.25) is 0 Å². The van der Waals surface area contributed by atoms with Gasteiger partial charge in [-0.2, -0.15) is 0 Å². The minimum Gasteiger partial charge on any atom is -0.368 e. The van der Waals surface area contributed by atoms with E-state index in [1.807, 2.05) is 43.3 Å². The number of hydrogen-bond donors (Lipinski definition) is 1. The van der Waals surface area contributed by atoms with E-state index >= 15 is 0 Å². The Kier molecular flexibility index (Phi) is 6.21. The number of piperazine rings is 2. The maximum absolute atomic E-state index is 13.1. The van der Waals surface area contributed by atoms with E-state index in [2.05, 4.69) is 22.3 Å². The van der Waals surface area contributed by atoms with E-state index in [0.29, 0.717) is 31.7 Å². The average molecular weight is 421 g/mol. The van der Waals surface area contributed by atoms with Crippen LogP contribution in [0.15, 0.2) is 54.6 Å². The Hall–Kier alpha value is -3.35. The number of carbonyl (C=O) groups is 3. The second kappa shape index (κ2) is 9.20. The van der Waals surface area contributed by atoms with Crippen LogP contribution in [0.1, 0.15) is 22.3 Å². The number of nitrogens with one attached hydrogen (secondary N) is 1. The number of rotatable bonds is 4. The van der Waals surface area contributed by atoms with Gasteiger partial charge in [-0.25, -0.2) is 0 Å². The third-order valence-electron chi connectivity index (χ3n) is 6.09. The number of para-hydroxylation sites is 1. The summed E-state index contributed by atoms with van der Waals surface area (Å²) in [5, 5.41) is 2.81. The molecule has 0 radical (unpaired) electrons. The Morgan fingerprint density at radius 3 is 2.32 bits per heavy atom. The minimum absolute atomic E-state index is 0.00872. The van der Waals surface area contributed by atoms with Crippen molar-refractivity contribution in [2.24, 2.45) is 0 Å². The van der Waals surface area contributed by atoms with Crippen molar-refractivity contribution in [2.75, 3.05) is 44.2 Å². The van der Waals surface area contributed by atoms with Gasteiger partial charge in [0.15, 0.2) is 0 Å². The number of anilines is 1. The van der Waals surface area contributed by atoms with Gasteiger partial charge in [0.1, 0.15) is 6.04 Å². The highest BCUT2D eigenvalue weighted by Gasteiger charge is 2.36. The molecule has 0 bridgehead atoms. The molecule has 3 amide bonds. The van der Waals surface area contributed by atoms with Crippen molar-refractivity contribution in [3.8, 4) is 0 Å². The monoisotopic (exact) mass is 420 g/mol. The molecule has 7 heteroatoms. The Morgan fingerprint density at radius 2 is 1.61 bits per heavy atom. The van der Waals surface area contributed by atoms with Gasteiger partial charge in [0.05, 0.1) is 6.42 Å². The van der Waals surface area contributed by atoms with Gasteiger partial charge in [0.25, 0.3) is 5.91 Å². The lowest BCUT2D eigenvalue weighted by Crippen LogP contribution is -2.59. The van der Waals surface area contributed by atoms with Crippen molar-refractivity contribution in [1.82, 2.24) is 15.1 Å². The maximum Gasteiger partial charge on any atom is 0.254 e. The van der Waals surface area contributed by atoms with Crippen LogP contribution >= 0.6 is 0 Å². The first kappa shape index (κ1) is 20.9. The number of nitrogens with zero attached hydrogens (tertiary/aromatic N) is 3. The molecule has 7 nitrogen and oxygen atoms in total. The molecule has 4 rings (SSSR count). The fourth-order valence-electron chi connectivity index (χ4n) is 4.28. The lowest BCUT2D eigenvalue weighted by molar-refractivity contribution is -0.138. The molecule has 0 aliphatic carbocycles. The smallest absolute Gasteiger partial charge is 0.254 e. The molecular weight excluding hydrogens is 392 g/mol. The van der Waals surface area contributed by atoms with Crippen LogP contribution in [0.25, 0.3) is 0 Å². The molecule has 2 aliphatic heterocycles. The average Bonchev–Trinajstić information content (AvgIpc) is 2.81. The second-order valence-electron chi connectivity index (χ2n) is 8.03. The van der Waals surface area contributed by atoms with Crippen molar-refractivity contribution < 1.29 is 14.4 Å². The summed E-state index contributed by atoms with van der Waals surface area (Å²) in [7, 11) is 0. The summed E-state index contributed by atoms with van der Waals surface area (Å²) in [5.41, 5.74) is 2.59. The van der Waals surface area contributed by atoms with Crippen molar-refractivity contribution >= 4 is 23.4 Å². The van der Waals surface area contributed by atoms with E-state index in [9.17, 15) is 14.4 Å². The first-order valence-electron chi connectivity index (χ1n) is 10.8. The molecule has 1 N–H and O–H groups in total. The number of hydrogen-bond acceptors (Lipinski definition) is 4. The molecule has 1 atom stereocenters. The summed E-state index contributed by atoms with van der Waals surface area (Å²) < 4.78 is 0. The Balaban J connectivity index is 1.41. The minimum atomic E-state index is -0.777. The van der Waals surface area contributed by atoms with Crippen LogP contribution in [0.3, 0.4) is 0 Å². The fraction of sp³-hybridized carbons (Fsp3) is 0.375. The standard InChI is InChI=1S/C24H28N4O3/c1-18-7-5-6-10-20(18)24(31)28-12-11-25-23(30)21(28)17-22(29)27-15-13-26(14-16-27)19-8-3-2-4-9-19/h2-10,21H,11-17H2,1H3,(H,25,30). The van der Waals surface area contributed by atoms with E-state index in [-0.39, 0.29) is 24.1 Å². The molecule has 0 aromatic heterocycles. The predicted molar refractivity (Wildman–Crippen MR) is 119 cm³/mol. The predicted octanol–water partition coefficient (Wildman–Crippen LogP) is 1.67. The summed E-state index contributed by atoms with van der Waals surface area (Å²) in [6.07, 6.45) is 0.00872. The van der Waals surface area contributed by atoms with Crippen LogP contribution in [-0.4, -0.2) is 72.8 Å². The molecule has 2 saturated heterocycles. The number of carbonyl (C=O) groups excluding carboxylic acids is 3. The Morgan fingerprint density at radius 1 is 0.935 bits per heavy atom. The molecule has 162 valence electrons. The zero-order valence-electron chi connectivity index (χ0n) is 17.8. The van der Waals surface area contributed by atoms with Crippen molar-refractivity contribution in [2.45, 2.75) is 19.4 Å². The zero-order valence-corrected chi connectivity index (χ0v) is 17.8. The molecular formula is C24H28N4O3. The van der Waals surface area contributed by atoms with Gasteiger partial charge < -0.3 is 20.0 Å². The Bertz CT molecular complexity index is 954. The van der Waals surface area contributed by atoms with Gasteiger partial charge in [-0.3, -0.25) is 14.4 Å². The summed E-state index contributed by atoms with van der Waals surface area (Å²) in [4.78, 5) is 44.4. The van der Waals surface area contributed by atoms with Crippen LogP contribution in [0.5, 0.6) is 0 Å². The van der Waals surface area contributed by atoms with Gasteiger partial charge >= 0.3 is 0 Å². The second-order valence-corrected chi connectivity index (χ2v) is 8.03. The van der Waals surface area contributed by atoms with Gasteiger partial charge in [-0.15, -0.1) is 0 Å². The lowest BCUT2D eigenvalue weighted by atomic mass is 10.0. The van der Waals surface area contributed by atoms with E-state index < -0.39 is 6.04 Å².